The first-order valence-electron chi connectivity index (χ1n) is 6.48. The average Bonchev–Trinajstić information content (AvgIpc) is 2.29. The maximum absolute atomic E-state index is 5.71. The maximum Gasteiger partial charge on any atom is 0.123 e. The Labute approximate surface area is 98.3 Å². The Balaban J connectivity index is 1.94. The molecule has 1 fully saturated rings. The number of rotatable bonds is 3. The Morgan fingerprint density at radius 2 is 2.19 bits per heavy atom. The summed E-state index contributed by atoms with van der Waals surface area (Å²) in [5.41, 5.74) is 7.06. The van der Waals surface area contributed by atoms with Crippen molar-refractivity contribution in [1.82, 2.24) is 4.98 Å². The van der Waals surface area contributed by atoms with E-state index in [1.807, 2.05) is 12.3 Å². The Bertz CT molecular complexity index is 335. The van der Waals surface area contributed by atoms with E-state index in [0.29, 0.717) is 5.82 Å². The Kier molecular flexibility index (Phi) is 3.81. The van der Waals surface area contributed by atoms with Gasteiger partial charge in [0.15, 0.2) is 0 Å². The summed E-state index contributed by atoms with van der Waals surface area (Å²) < 4.78 is 0. The van der Waals surface area contributed by atoms with Crippen molar-refractivity contribution in [1.29, 1.82) is 0 Å². The van der Waals surface area contributed by atoms with Crippen molar-refractivity contribution in [3.63, 3.8) is 0 Å². The summed E-state index contributed by atoms with van der Waals surface area (Å²) in [4.78, 5) is 4.04. The molecule has 0 bridgehead atoms. The van der Waals surface area contributed by atoms with Crippen LogP contribution in [0.15, 0.2) is 18.3 Å². The van der Waals surface area contributed by atoms with Crippen LogP contribution in [0.1, 0.15) is 44.6 Å². The number of hydrogen-bond acceptors (Lipinski definition) is 2. The summed E-state index contributed by atoms with van der Waals surface area (Å²) in [7, 11) is 0. The molecular weight excluding hydrogens is 196 g/mol. The highest BCUT2D eigenvalue weighted by molar-refractivity contribution is 5.31. The fourth-order valence-electron chi connectivity index (χ4n) is 2.91. The molecule has 0 aromatic carbocycles. The lowest BCUT2D eigenvalue weighted by atomic mass is 9.78. The minimum atomic E-state index is 0.653. The van der Waals surface area contributed by atoms with E-state index in [9.17, 15) is 0 Å². The van der Waals surface area contributed by atoms with Gasteiger partial charge in [-0.3, -0.25) is 0 Å². The lowest BCUT2D eigenvalue weighted by Gasteiger charge is -2.28. The van der Waals surface area contributed by atoms with Crippen LogP contribution in [-0.2, 0) is 6.42 Å². The molecule has 0 radical (unpaired) electrons. The molecule has 1 aliphatic rings. The van der Waals surface area contributed by atoms with Crippen molar-refractivity contribution >= 4 is 5.82 Å². The molecule has 0 saturated heterocycles. The van der Waals surface area contributed by atoms with Gasteiger partial charge in [-0.05, 0) is 42.4 Å². The number of nitrogens with zero attached hydrogens (tertiary/aromatic N) is 1. The van der Waals surface area contributed by atoms with Crippen LogP contribution in [0.25, 0.3) is 0 Å². The van der Waals surface area contributed by atoms with Gasteiger partial charge in [-0.25, -0.2) is 4.98 Å². The number of aromatic nitrogens is 1. The molecule has 2 heteroatoms. The van der Waals surface area contributed by atoms with Crippen LogP contribution in [0.5, 0.6) is 0 Å². The zero-order chi connectivity index (χ0) is 11.4. The quantitative estimate of drug-likeness (QED) is 0.844. The Morgan fingerprint density at radius 1 is 1.38 bits per heavy atom. The van der Waals surface area contributed by atoms with Gasteiger partial charge >= 0.3 is 0 Å². The lowest BCUT2D eigenvalue weighted by Crippen LogP contribution is -2.17. The van der Waals surface area contributed by atoms with Gasteiger partial charge in [0.05, 0.1) is 0 Å². The molecule has 2 unspecified atom stereocenters. The van der Waals surface area contributed by atoms with Crippen LogP contribution in [0.4, 0.5) is 5.82 Å². The molecule has 1 aromatic heterocycles. The molecular formula is C14H22N2. The molecule has 1 heterocycles. The zero-order valence-corrected chi connectivity index (χ0v) is 10.2. The molecule has 16 heavy (non-hydrogen) atoms. The summed E-state index contributed by atoms with van der Waals surface area (Å²) >= 11 is 0. The number of hydrogen-bond donors (Lipinski definition) is 1. The largest absolute Gasteiger partial charge is 0.384 e. The summed E-state index contributed by atoms with van der Waals surface area (Å²) in [5, 5.41) is 0. The third-order valence-corrected chi connectivity index (χ3v) is 3.84. The topological polar surface area (TPSA) is 38.9 Å². The summed E-state index contributed by atoms with van der Waals surface area (Å²) in [6.45, 7) is 2.32. The smallest absolute Gasteiger partial charge is 0.123 e. The number of anilines is 1. The molecule has 0 aliphatic heterocycles. The highest BCUT2D eigenvalue weighted by atomic mass is 14.8. The van der Waals surface area contributed by atoms with Gasteiger partial charge in [-0.15, -0.1) is 0 Å². The van der Waals surface area contributed by atoms with Crippen LogP contribution in [-0.4, -0.2) is 4.98 Å². The van der Waals surface area contributed by atoms with Crippen LogP contribution >= 0.6 is 0 Å². The van der Waals surface area contributed by atoms with Crippen LogP contribution in [0, 0.1) is 11.8 Å². The second-order valence-electron chi connectivity index (χ2n) is 5.10. The molecule has 2 N–H and O–H groups in total. The predicted molar refractivity (Wildman–Crippen MR) is 68.1 cm³/mol. The number of nitrogens with two attached hydrogens (primary N) is 1. The van der Waals surface area contributed by atoms with Gasteiger partial charge in [0.2, 0.25) is 0 Å². The van der Waals surface area contributed by atoms with Gasteiger partial charge in [0.25, 0.3) is 0 Å². The van der Waals surface area contributed by atoms with E-state index in [0.717, 1.165) is 11.8 Å². The van der Waals surface area contributed by atoms with E-state index in [-0.39, 0.29) is 0 Å². The fourth-order valence-corrected chi connectivity index (χ4v) is 2.91. The van der Waals surface area contributed by atoms with Gasteiger partial charge in [-0.2, -0.15) is 0 Å². The molecule has 1 saturated carbocycles. The molecule has 1 aromatic rings. The first-order chi connectivity index (χ1) is 7.78. The Morgan fingerprint density at radius 3 is 2.94 bits per heavy atom. The predicted octanol–water partition coefficient (Wildman–Crippen LogP) is 3.42. The number of nitrogen functional groups attached to an aromatic ring is 1. The first kappa shape index (κ1) is 11.4. The van der Waals surface area contributed by atoms with Crippen molar-refractivity contribution < 1.29 is 0 Å². The number of pyridine rings is 1. The van der Waals surface area contributed by atoms with Crippen molar-refractivity contribution in [2.24, 2.45) is 11.8 Å². The summed E-state index contributed by atoms with van der Waals surface area (Å²) in [5.74, 6) is 2.47. The van der Waals surface area contributed by atoms with Gasteiger partial charge in [-0.1, -0.05) is 32.6 Å². The van der Waals surface area contributed by atoms with E-state index >= 15 is 0 Å². The second-order valence-corrected chi connectivity index (χ2v) is 5.10. The average molecular weight is 218 g/mol. The monoisotopic (exact) mass is 218 g/mol. The molecule has 0 amide bonds. The summed E-state index contributed by atoms with van der Waals surface area (Å²) in [6, 6.07) is 4.13. The third kappa shape index (κ3) is 2.97. The molecule has 2 atom stereocenters. The van der Waals surface area contributed by atoms with Crippen molar-refractivity contribution in [3.05, 3.63) is 23.9 Å². The molecule has 0 spiro atoms. The first-order valence-corrected chi connectivity index (χ1v) is 6.48. The van der Waals surface area contributed by atoms with Gasteiger partial charge in [0.1, 0.15) is 5.82 Å². The second kappa shape index (κ2) is 5.33. The van der Waals surface area contributed by atoms with E-state index in [2.05, 4.69) is 18.0 Å². The standard InChI is InChI=1S/C14H22N2/c1-2-11-4-3-5-12(8-11)9-13-6-7-16-14(15)10-13/h6-7,10-12H,2-5,8-9H2,1H3,(H2,15,16). The minimum Gasteiger partial charge on any atom is -0.384 e. The molecule has 2 nitrogen and oxygen atoms in total. The zero-order valence-electron chi connectivity index (χ0n) is 10.2. The highest BCUT2D eigenvalue weighted by Crippen LogP contribution is 2.32. The molecule has 2 rings (SSSR count). The van der Waals surface area contributed by atoms with E-state index in [1.165, 1.54) is 44.1 Å². The minimum absolute atomic E-state index is 0.653. The summed E-state index contributed by atoms with van der Waals surface area (Å²) in [6.07, 6.45) is 9.98. The molecule has 1 aliphatic carbocycles. The highest BCUT2D eigenvalue weighted by Gasteiger charge is 2.20. The van der Waals surface area contributed by atoms with E-state index in [4.69, 9.17) is 5.73 Å². The maximum atomic E-state index is 5.71. The van der Waals surface area contributed by atoms with Gasteiger partial charge in [0, 0.05) is 6.20 Å². The normalized spacial score (nSPS) is 25.6. The van der Waals surface area contributed by atoms with Crippen LogP contribution < -0.4 is 5.73 Å². The fraction of sp³-hybridized carbons (Fsp3) is 0.643. The van der Waals surface area contributed by atoms with E-state index in [1.54, 1.807) is 0 Å². The van der Waals surface area contributed by atoms with Crippen LogP contribution in [0.3, 0.4) is 0 Å². The SMILES string of the molecule is CCC1CCCC(Cc2ccnc(N)c2)C1. The van der Waals surface area contributed by atoms with Crippen molar-refractivity contribution in [2.75, 3.05) is 5.73 Å². The van der Waals surface area contributed by atoms with Crippen LogP contribution in [0.2, 0.25) is 0 Å². The lowest BCUT2D eigenvalue weighted by molar-refractivity contribution is 0.259. The van der Waals surface area contributed by atoms with Gasteiger partial charge < -0.3 is 5.73 Å². The Hall–Kier alpha value is -1.05. The van der Waals surface area contributed by atoms with Crippen molar-refractivity contribution in [3.8, 4) is 0 Å². The van der Waals surface area contributed by atoms with Crippen molar-refractivity contribution in [2.45, 2.75) is 45.4 Å². The molecule has 88 valence electrons. The van der Waals surface area contributed by atoms with E-state index < -0.39 is 0 Å². The third-order valence-electron chi connectivity index (χ3n) is 3.84.